The Bertz CT molecular complexity index is 364. The lowest BCUT2D eigenvalue weighted by Crippen LogP contribution is -2.23. The van der Waals surface area contributed by atoms with Gasteiger partial charge in [-0.05, 0) is 33.6 Å². The van der Waals surface area contributed by atoms with E-state index in [4.69, 9.17) is 0 Å². The lowest BCUT2D eigenvalue weighted by molar-refractivity contribution is 0.526. The molecule has 0 bridgehead atoms. The Balaban J connectivity index is 3.51. The van der Waals surface area contributed by atoms with Gasteiger partial charge in [-0.3, -0.25) is 0 Å². The van der Waals surface area contributed by atoms with Crippen LogP contribution in [0.5, 0.6) is 0 Å². The van der Waals surface area contributed by atoms with E-state index in [1.807, 2.05) is 6.07 Å². The summed E-state index contributed by atoms with van der Waals surface area (Å²) in [6.45, 7) is 13.6. The van der Waals surface area contributed by atoms with E-state index in [0.717, 1.165) is 5.33 Å². The molecular weight excluding hydrogens is 260 g/mol. The summed E-state index contributed by atoms with van der Waals surface area (Å²) < 4.78 is 0. The number of hydrogen-bond donors (Lipinski definition) is 0. The van der Waals surface area contributed by atoms with Crippen molar-refractivity contribution in [3.63, 3.8) is 0 Å². The first kappa shape index (κ1) is 13.8. The fraction of sp³-hybridized carbons (Fsp3) is 0.600. The summed E-state index contributed by atoms with van der Waals surface area (Å²) in [5, 5.41) is 0.914. The van der Waals surface area contributed by atoms with Crippen LogP contribution in [0.2, 0.25) is 0 Å². The maximum absolute atomic E-state index is 3.59. The molecule has 0 amide bonds. The highest BCUT2D eigenvalue weighted by Crippen LogP contribution is 2.36. The largest absolute Gasteiger partial charge is 0.0876 e. The van der Waals surface area contributed by atoms with Crippen molar-refractivity contribution in [2.75, 3.05) is 0 Å². The van der Waals surface area contributed by atoms with E-state index >= 15 is 0 Å². The second-order valence-corrected chi connectivity index (χ2v) is 6.95. The van der Waals surface area contributed by atoms with Gasteiger partial charge in [0.1, 0.15) is 0 Å². The molecule has 0 heterocycles. The van der Waals surface area contributed by atoms with E-state index in [1.165, 1.54) is 16.7 Å². The third kappa shape index (κ3) is 2.88. The second kappa shape index (κ2) is 4.52. The lowest BCUT2D eigenvalue weighted by atomic mass is 9.73. The molecule has 1 aromatic rings. The molecule has 1 heteroatoms. The summed E-state index contributed by atoms with van der Waals surface area (Å²) >= 11 is 3.59. The topological polar surface area (TPSA) is 0 Å². The fourth-order valence-corrected chi connectivity index (χ4v) is 2.57. The summed E-state index contributed by atoms with van der Waals surface area (Å²) in [6, 6.07) is 7.66. The molecule has 0 aliphatic heterocycles. The van der Waals surface area contributed by atoms with Gasteiger partial charge < -0.3 is 0 Å². The highest BCUT2D eigenvalue weighted by Gasteiger charge is 2.27. The molecular formula is C15H22Br. The van der Waals surface area contributed by atoms with Gasteiger partial charge in [0.15, 0.2) is 0 Å². The fourth-order valence-electron chi connectivity index (χ4n) is 2.10. The Hall–Kier alpha value is -0.300. The SMILES string of the molecule is CC(C)(C)c1[c]ccc(CBr)c1C(C)(C)C. The van der Waals surface area contributed by atoms with Crippen LogP contribution in [-0.2, 0) is 16.2 Å². The van der Waals surface area contributed by atoms with Crippen molar-refractivity contribution in [1.29, 1.82) is 0 Å². The van der Waals surface area contributed by atoms with Crippen LogP contribution in [0, 0.1) is 6.07 Å². The molecule has 0 spiro atoms. The van der Waals surface area contributed by atoms with Crippen molar-refractivity contribution in [2.45, 2.75) is 57.7 Å². The molecule has 0 saturated heterocycles. The van der Waals surface area contributed by atoms with Crippen LogP contribution in [0.1, 0.15) is 58.2 Å². The minimum atomic E-state index is 0.154. The molecule has 89 valence electrons. The van der Waals surface area contributed by atoms with E-state index < -0.39 is 0 Å². The van der Waals surface area contributed by atoms with Gasteiger partial charge in [0.2, 0.25) is 0 Å². The molecule has 0 aliphatic carbocycles. The van der Waals surface area contributed by atoms with Crippen molar-refractivity contribution >= 4 is 15.9 Å². The van der Waals surface area contributed by atoms with Crippen LogP contribution in [0.4, 0.5) is 0 Å². The molecule has 16 heavy (non-hydrogen) atoms. The number of benzene rings is 1. The number of hydrogen-bond acceptors (Lipinski definition) is 0. The summed E-state index contributed by atoms with van der Waals surface area (Å²) in [5.41, 5.74) is 4.50. The van der Waals surface area contributed by atoms with Gasteiger partial charge in [0.05, 0.1) is 0 Å². The maximum atomic E-state index is 3.59. The molecule has 0 unspecified atom stereocenters. The van der Waals surface area contributed by atoms with Gasteiger partial charge in [-0.25, -0.2) is 0 Å². The Morgan fingerprint density at radius 1 is 1.06 bits per heavy atom. The molecule has 0 N–H and O–H groups in total. The summed E-state index contributed by atoms with van der Waals surface area (Å²) in [5.74, 6) is 0. The number of alkyl halides is 1. The van der Waals surface area contributed by atoms with E-state index in [1.54, 1.807) is 0 Å². The summed E-state index contributed by atoms with van der Waals surface area (Å²) in [7, 11) is 0. The summed E-state index contributed by atoms with van der Waals surface area (Å²) in [6.07, 6.45) is 0. The van der Waals surface area contributed by atoms with Gasteiger partial charge in [0.25, 0.3) is 0 Å². The van der Waals surface area contributed by atoms with Crippen LogP contribution < -0.4 is 0 Å². The molecule has 0 nitrogen and oxygen atoms in total. The van der Waals surface area contributed by atoms with Crippen LogP contribution in [0.3, 0.4) is 0 Å². The van der Waals surface area contributed by atoms with Crippen LogP contribution in [0.25, 0.3) is 0 Å². The second-order valence-electron chi connectivity index (χ2n) is 6.39. The standard InChI is InChI=1S/C15H22Br/c1-14(2,3)12-9-7-8-11(10-16)13(12)15(4,5)6/h7-8H,10H2,1-6H3. The third-order valence-electron chi connectivity index (χ3n) is 2.73. The highest BCUT2D eigenvalue weighted by molar-refractivity contribution is 9.08. The third-order valence-corrected chi connectivity index (χ3v) is 3.33. The van der Waals surface area contributed by atoms with Crippen LogP contribution in [0.15, 0.2) is 12.1 Å². The Labute approximate surface area is 109 Å². The number of halogens is 1. The predicted molar refractivity (Wildman–Crippen MR) is 75.3 cm³/mol. The molecule has 0 aromatic heterocycles. The molecule has 1 radical (unpaired) electrons. The van der Waals surface area contributed by atoms with Crippen molar-refractivity contribution in [2.24, 2.45) is 0 Å². The van der Waals surface area contributed by atoms with E-state index in [0.29, 0.717) is 0 Å². The maximum Gasteiger partial charge on any atom is 0.0286 e. The van der Waals surface area contributed by atoms with Gasteiger partial charge in [-0.1, -0.05) is 69.6 Å². The molecule has 0 aliphatic rings. The molecule has 1 rings (SSSR count). The zero-order valence-electron chi connectivity index (χ0n) is 11.2. The lowest BCUT2D eigenvalue weighted by Gasteiger charge is -2.31. The first-order valence-corrected chi connectivity index (χ1v) is 6.90. The first-order chi connectivity index (χ1) is 7.18. The zero-order valence-corrected chi connectivity index (χ0v) is 12.8. The summed E-state index contributed by atoms with van der Waals surface area (Å²) in [4.78, 5) is 0. The van der Waals surface area contributed by atoms with Crippen LogP contribution >= 0.6 is 15.9 Å². The van der Waals surface area contributed by atoms with E-state index in [2.05, 4.69) is 69.6 Å². The highest BCUT2D eigenvalue weighted by atomic mass is 79.9. The van der Waals surface area contributed by atoms with E-state index in [9.17, 15) is 0 Å². The Kier molecular flexibility index (Phi) is 3.89. The number of rotatable bonds is 1. The molecule has 0 atom stereocenters. The average Bonchev–Trinajstić information content (AvgIpc) is 2.13. The van der Waals surface area contributed by atoms with Gasteiger partial charge in [0, 0.05) is 5.33 Å². The minimum Gasteiger partial charge on any atom is -0.0876 e. The Morgan fingerprint density at radius 3 is 2.00 bits per heavy atom. The van der Waals surface area contributed by atoms with Crippen molar-refractivity contribution in [3.8, 4) is 0 Å². The smallest absolute Gasteiger partial charge is 0.0286 e. The van der Waals surface area contributed by atoms with Crippen molar-refractivity contribution in [1.82, 2.24) is 0 Å². The quantitative estimate of drug-likeness (QED) is 0.637. The van der Waals surface area contributed by atoms with Gasteiger partial charge in [-0.2, -0.15) is 0 Å². The van der Waals surface area contributed by atoms with E-state index in [-0.39, 0.29) is 10.8 Å². The minimum absolute atomic E-state index is 0.154. The van der Waals surface area contributed by atoms with Crippen molar-refractivity contribution < 1.29 is 0 Å². The molecule has 0 fully saturated rings. The molecule has 1 aromatic carbocycles. The predicted octanol–water partition coefficient (Wildman–Crippen LogP) is 4.98. The average molecular weight is 282 g/mol. The first-order valence-electron chi connectivity index (χ1n) is 5.78. The monoisotopic (exact) mass is 281 g/mol. The van der Waals surface area contributed by atoms with Gasteiger partial charge in [-0.15, -0.1) is 0 Å². The zero-order chi connectivity index (χ0) is 12.6. The van der Waals surface area contributed by atoms with Crippen molar-refractivity contribution in [3.05, 3.63) is 34.9 Å². The normalized spacial score (nSPS) is 12.9. The molecule has 0 saturated carbocycles. The Morgan fingerprint density at radius 2 is 1.62 bits per heavy atom. The van der Waals surface area contributed by atoms with Gasteiger partial charge >= 0.3 is 0 Å². The van der Waals surface area contributed by atoms with Crippen LogP contribution in [-0.4, -0.2) is 0 Å².